The zero-order valence-corrected chi connectivity index (χ0v) is 17.0. The molecule has 0 bridgehead atoms. The number of aryl methyl sites for hydroxylation is 1. The Morgan fingerprint density at radius 1 is 0.750 bits per heavy atom. The zero-order chi connectivity index (χ0) is 19.5. The number of rotatable bonds is 6. The molecule has 0 N–H and O–H groups in total. The molecule has 3 aromatic carbocycles. The number of nitrogens with zero attached hydrogens (tertiary/aromatic N) is 1. The van der Waals surface area contributed by atoms with Crippen molar-refractivity contribution < 1.29 is 9.30 Å². The van der Waals surface area contributed by atoms with E-state index in [0.29, 0.717) is 5.92 Å². The number of para-hydroxylation sites is 2. The van der Waals surface area contributed by atoms with Gasteiger partial charge >= 0.3 is 0 Å². The first-order chi connectivity index (χ1) is 13.7. The van der Waals surface area contributed by atoms with Crippen LogP contribution < -0.4 is 9.30 Å². The Morgan fingerprint density at radius 3 is 1.82 bits per heavy atom. The Morgan fingerprint density at radius 2 is 1.29 bits per heavy atom. The molecule has 0 atom stereocenters. The van der Waals surface area contributed by atoms with E-state index < -0.39 is 0 Å². The maximum Gasteiger partial charge on any atom is 0.213 e. The monoisotopic (exact) mass is 370 g/mol. The molecule has 0 amide bonds. The summed E-state index contributed by atoms with van der Waals surface area (Å²) in [6, 6.07) is 25.9. The second kappa shape index (κ2) is 8.02. The van der Waals surface area contributed by atoms with Gasteiger partial charge in [0.2, 0.25) is 11.0 Å². The van der Waals surface area contributed by atoms with Crippen molar-refractivity contribution in [2.24, 2.45) is 13.0 Å². The molecule has 0 saturated carbocycles. The first kappa shape index (κ1) is 18.5. The molecule has 4 aromatic rings. The van der Waals surface area contributed by atoms with Crippen molar-refractivity contribution in [3.05, 3.63) is 72.8 Å². The zero-order valence-electron chi connectivity index (χ0n) is 17.0. The SMILES string of the molecule is CCC(CC)COc1ccc(-c2c3ccccc3[n+](C)c3ccccc23)cc1. The minimum atomic E-state index is 0.627. The summed E-state index contributed by atoms with van der Waals surface area (Å²) in [4.78, 5) is 0. The van der Waals surface area contributed by atoms with Crippen LogP contribution in [0.3, 0.4) is 0 Å². The van der Waals surface area contributed by atoms with E-state index in [9.17, 15) is 0 Å². The molecule has 1 aromatic heterocycles. The predicted molar refractivity (Wildman–Crippen MR) is 118 cm³/mol. The van der Waals surface area contributed by atoms with E-state index >= 15 is 0 Å². The van der Waals surface area contributed by atoms with E-state index in [1.165, 1.54) is 32.9 Å². The van der Waals surface area contributed by atoms with Gasteiger partial charge in [0, 0.05) is 17.7 Å². The van der Waals surface area contributed by atoms with Gasteiger partial charge in [-0.05, 0) is 35.7 Å². The number of benzene rings is 3. The van der Waals surface area contributed by atoms with Gasteiger partial charge in [-0.1, -0.05) is 63.1 Å². The average Bonchev–Trinajstić information content (AvgIpc) is 2.76. The summed E-state index contributed by atoms with van der Waals surface area (Å²) >= 11 is 0. The van der Waals surface area contributed by atoms with Crippen LogP contribution in [0.15, 0.2) is 72.8 Å². The molecule has 142 valence electrons. The highest BCUT2D eigenvalue weighted by Gasteiger charge is 2.18. The molecule has 0 aliphatic heterocycles. The molecule has 0 saturated heterocycles. The molecule has 0 aliphatic rings. The minimum Gasteiger partial charge on any atom is -0.493 e. The largest absolute Gasteiger partial charge is 0.493 e. The van der Waals surface area contributed by atoms with E-state index in [4.69, 9.17) is 4.74 Å². The second-order valence-electron chi connectivity index (χ2n) is 7.49. The number of fused-ring (bicyclic) bond motifs is 2. The summed E-state index contributed by atoms with van der Waals surface area (Å²) in [5.74, 6) is 1.58. The summed E-state index contributed by atoms with van der Waals surface area (Å²) in [6.07, 6.45) is 2.32. The quantitative estimate of drug-likeness (QED) is 0.287. The smallest absolute Gasteiger partial charge is 0.213 e. The lowest BCUT2D eigenvalue weighted by molar-refractivity contribution is -0.617. The first-order valence-electron chi connectivity index (χ1n) is 10.3. The predicted octanol–water partition coefficient (Wildman–Crippen LogP) is 6.30. The molecule has 4 rings (SSSR count). The van der Waals surface area contributed by atoms with E-state index in [1.807, 2.05) is 0 Å². The fourth-order valence-corrected chi connectivity index (χ4v) is 4.00. The van der Waals surface area contributed by atoms with Crippen LogP contribution in [0.1, 0.15) is 26.7 Å². The Bertz CT molecular complexity index is 1040. The Labute approximate surface area is 167 Å². The lowest BCUT2D eigenvalue weighted by atomic mass is 9.95. The summed E-state index contributed by atoms with van der Waals surface area (Å²) in [5.41, 5.74) is 4.99. The van der Waals surface area contributed by atoms with Crippen molar-refractivity contribution in [2.45, 2.75) is 26.7 Å². The maximum atomic E-state index is 6.03. The van der Waals surface area contributed by atoms with Crippen LogP contribution >= 0.6 is 0 Å². The van der Waals surface area contributed by atoms with Crippen LogP contribution in [0.25, 0.3) is 32.9 Å². The van der Waals surface area contributed by atoms with Crippen LogP contribution in [-0.4, -0.2) is 6.61 Å². The lowest BCUT2D eigenvalue weighted by Gasteiger charge is -2.14. The molecular weight excluding hydrogens is 342 g/mol. The van der Waals surface area contributed by atoms with Crippen LogP contribution in [-0.2, 0) is 7.05 Å². The lowest BCUT2D eigenvalue weighted by Crippen LogP contribution is -2.30. The van der Waals surface area contributed by atoms with E-state index in [0.717, 1.165) is 25.2 Å². The van der Waals surface area contributed by atoms with Gasteiger partial charge in [0.25, 0.3) is 0 Å². The van der Waals surface area contributed by atoms with Gasteiger partial charge in [-0.25, -0.2) is 0 Å². The molecule has 1 heterocycles. The van der Waals surface area contributed by atoms with Crippen LogP contribution in [0, 0.1) is 5.92 Å². The minimum absolute atomic E-state index is 0.627. The van der Waals surface area contributed by atoms with E-state index in [1.54, 1.807) is 0 Å². The number of pyridine rings is 1. The molecule has 0 spiro atoms. The van der Waals surface area contributed by atoms with Crippen LogP contribution in [0.2, 0.25) is 0 Å². The number of ether oxygens (including phenoxy) is 1. The topological polar surface area (TPSA) is 13.1 Å². The van der Waals surface area contributed by atoms with Gasteiger partial charge in [-0.3, -0.25) is 0 Å². The second-order valence-corrected chi connectivity index (χ2v) is 7.49. The number of aromatic nitrogens is 1. The molecule has 0 unspecified atom stereocenters. The standard InChI is InChI=1S/C26H28NO/c1-4-19(5-2)18-28-21-16-14-20(15-17-21)26-22-10-6-8-12-24(22)27(3)25-13-9-7-11-23(25)26/h6-17,19H,4-5,18H2,1-3H3/q+1. The average molecular weight is 371 g/mol. The van der Waals surface area contributed by atoms with Crippen LogP contribution in [0.5, 0.6) is 5.75 Å². The molecule has 2 nitrogen and oxygen atoms in total. The normalized spacial score (nSPS) is 11.4. The van der Waals surface area contributed by atoms with Gasteiger partial charge < -0.3 is 4.74 Å². The van der Waals surface area contributed by atoms with E-state index in [2.05, 4.69) is 98.3 Å². The summed E-state index contributed by atoms with van der Waals surface area (Å²) in [6.45, 7) is 5.25. The molecule has 28 heavy (non-hydrogen) atoms. The summed E-state index contributed by atoms with van der Waals surface area (Å²) < 4.78 is 8.31. The molecule has 0 fully saturated rings. The third-order valence-corrected chi connectivity index (χ3v) is 5.85. The van der Waals surface area contributed by atoms with Gasteiger partial charge in [0.1, 0.15) is 12.8 Å². The van der Waals surface area contributed by atoms with Crippen molar-refractivity contribution in [3.8, 4) is 16.9 Å². The Kier molecular flexibility index (Phi) is 5.29. The number of hydrogen-bond donors (Lipinski definition) is 0. The van der Waals surface area contributed by atoms with Crippen molar-refractivity contribution >= 4 is 21.8 Å². The van der Waals surface area contributed by atoms with Gasteiger partial charge in [0.15, 0.2) is 0 Å². The highest BCUT2D eigenvalue weighted by molar-refractivity contribution is 6.07. The van der Waals surface area contributed by atoms with Crippen molar-refractivity contribution in [1.82, 2.24) is 0 Å². The third-order valence-electron chi connectivity index (χ3n) is 5.85. The third kappa shape index (κ3) is 3.35. The highest BCUT2D eigenvalue weighted by atomic mass is 16.5. The first-order valence-corrected chi connectivity index (χ1v) is 10.3. The van der Waals surface area contributed by atoms with Gasteiger partial charge in [0.05, 0.1) is 17.4 Å². The summed E-state index contributed by atoms with van der Waals surface area (Å²) in [7, 11) is 2.14. The van der Waals surface area contributed by atoms with E-state index in [-0.39, 0.29) is 0 Å². The van der Waals surface area contributed by atoms with Crippen molar-refractivity contribution in [2.75, 3.05) is 6.61 Å². The Balaban J connectivity index is 1.79. The molecule has 0 aliphatic carbocycles. The van der Waals surface area contributed by atoms with Gasteiger partial charge in [-0.2, -0.15) is 4.57 Å². The number of hydrogen-bond acceptors (Lipinski definition) is 1. The Hall–Kier alpha value is -2.87. The van der Waals surface area contributed by atoms with Crippen molar-refractivity contribution in [1.29, 1.82) is 0 Å². The fourth-order valence-electron chi connectivity index (χ4n) is 4.00. The van der Waals surface area contributed by atoms with Crippen LogP contribution in [0.4, 0.5) is 0 Å². The highest BCUT2D eigenvalue weighted by Crippen LogP contribution is 2.34. The maximum absolute atomic E-state index is 6.03. The molecular formula is C26H28NO+. The van der Waals surface area contributed by atoms with Gasteiger partial charge in [-0.15, -0.1) is 0 Å². The molecule has 0 radical (unpaired) electrons. The van der Waals surface area contributed by atoms with Crippen molar-refractivity contribution in [3.63, 3.8) is 0 Å². The fraction of sp³-hybridized carbons (Fsp3) is 0.269. The summed E-state index contributed by atoms with van der Waals surface area (Å²) in [5, 5.41) is 2.55. The molecule has 2 heteroatoms.